The van der Waals surface area contributed by atoms with E-state index >= 15 is 0 Å². The van der Waals surface area contributed by atoms with Crippen LogP contribution in [0.1, 0.15) is 24.7 Å². The second-order valence-electron chi connectivity index (χ2n) is 4.62. The second kappa shape index (κ2) is 4.62. The lowest BCUT2D eigenvalue weighted by molar-refractivity contribution is -0.142. The highest BCUT2D eigenvalue weighted by molar-refractivity contribution is 5.77. The van der Waals surface area contributed by atoms with Crippen LogP contribution in [-0.4, -0.2) is 27.2 Å². The molecule has 0 radical (unpaired) electrons. The number of fused-ring (bicyclic) bond motifs is 1. The number of nitrogens with zero attached hydrogens (tertiary/aromatic N) is 2. The van der Waals surface area contributed by atoms with E-state index in [9.17, 15) is 9.18 Å². The lowest BCUT2D eigenvalue weighted by Crippen LogP contribution is -2.10. The maximum absolute atomic E-state index is 13.7. The summed E-state index contributed by atoms with van der Waals surface area (Å²) in [7, 11) is 0. The molecule has 1 aliphatic carbocycles. The van der Waals surface area contributed by atoms with Gasteiger partial charge in [0.2, 0.25) is 0 Å². The fourth-order valence-corrected chi connectivity index (χ4v) is 2.20. The molecular formula is C13H13FN2O3. The number of hydrogen-bond acceptors (Lipinski definition) is 3. The number of hydrogen-bond donors (Lipinski definition) is 1. The van der Waals surface area contributed by atoms with Crippen molar-refractivity contribution in [3.05, 3.63) is 29.8 Å². The smallest absolute Gasteiger partial charge is 0.329 e. The molecule has 1 saturated carbocycles. The third-order valence-electron chi connectivity index (χ3n) is 3.11. The Bertz CT molecular complexity index is 634. The molecular weight excluding hydrogens is 251 g/mol. The van der Waals surface area contributed by atoms with Crippen molar-refractivity contribution in [2.45, 2.75) is 25.5 Å². The van der Waals surface area contributed by atoms with Gasteiger partial charge in [0.05, 0.1) is 5.52 Å². The van der Waals surface area contributed by atoms with Crippen molar-refractivity contribution in [1.29, 1.82) is 0 Å². The summed E-state index contributed by atoms with van der Waals surface area (Å²) in [6, 6.07) is 5.18. The van der Waals surface area contributed by atoms with Gasteiger partial charge in [-0.1, -0.05) is 6.07 Å². The summed E-state index contributed by atoms with van der Waals surface area (Å²) in [4.78, 5) is 14.7. The summed E-state index contributed by atoms with van der Waals surface area (Å²) in [6.45, 7) is -0.298. The molecule has 0 spiro atoms. The van der Waals surface area contributed by atoms with Gasteiger partial charge in [0, 0.05) is 6.04 Å². The molecule has 0 unspecified atom stereocenters. The zero-order valence-corrected chi connectivity index (χ0v) is 10.2. The van der Waals surface area contributed by atoms with Gasteiger partial charge in [0.15, 0.2) is 5.82 Å². The number of halogens is 1. The Morgan fingerprint density at radius 1 is 1.53 bits per heavy atom. The first-order valence-corrected chi connectivity index (χ1v) is 6.11. The van der Waals surface area contributed by atoms with E-state index in [1.165, 1.54) is 6.07 Å². The molecule has 0 aliphatic heterocycles. The van der Waals surface area contributed by atoms with Crippen LogP contribution in [0.15, 0.2) is 18.2 Å². The number of benzene rings is 1. The number of ether oxygens (including phenoxy) is 1. The molecule has 6 heteroatoms. The van der Waals surface area contributed by atoms with Gasteiger partial charge in [-0.2, -0.15) is 0 Å². The molecule has 1 heterocycles. The standard InChI is InChI=1S/C13H13FN2O3/c14-9-2-1-3-10-13(9)15-11(6-19-7-12(17)18)16(10)8-4-5-8/h1-3,8H,4-7H2,(H,17,18). The van der Waals surface area contributed by atoms with Gasteiger partial charge in [-0.05, 0) is 25.0 Å². The summed E-state index contributed by atoms with van der Waals surface area (Å²) < 4.78 is 20.7. The summed E-state index contributed by atoms with van der Waals surface area (Å²) in [5, 5.41) is 8.55. The SMILES string of the molecule is O=C(O)COCc1nc2c(F)cccc2n1C1CC1. The van der Waals surface area contributed by atoms with E-state index in [1.807, 2.05) is 10.6 Å². The molecule has 0 bridgehead atoms. The van der Waals surface area contributed by atoms with Crippen LogP contribution in [-0.2, 0) is 16.1 Å². The van der Waals surface area contributed by atoms with Crippen LogP contribution in [0.25, 0.3) is 11.0 Å². The van der Waals surface area contributed by atoms with E-state index < -0.39 is 5.97 Å². The fourth-order valence-electron chi connectivity index (χ4n) is 2.20. The van der Waals surface area contributed by atoms with E-state index in [4.69, 9.17) is 9.84 Å². The van der Waals surface area contributed by atoms with E-state index in [-0.39, 0.29) is 19.0 Å². The molecule has 0 saturated heterocycles. The number of aromatic nitrogens is 2. The number of carbonyl (C=O) groups is 1. The monoisotopic (exact) mass is 264 g/mol. The predicted molar refractivity (Wildman–Crippen MR) is 65.3 cm³/mol. The average Bonchev–Trinajstić information content (AvgIpc) is 3.11. The Labute approximate surface area is 108 Å². The molecule has 1 aromatic carbocycles. The van der Waals surface area contributed by atoms with Crippen LogP contribution in [0.4, 0.5) is 4.39 Å². The first-order valence-electron chi connectivity index (χ1n) is 6.11. The molecule has 1 fully saturated rings. The molecule has 1 N–H and O–H groups in total. The Balaban J connectivity index is 1.95. The molecule has 100 valence electrons. The van der Waals surface area contributed by atoms with Gasteiger partial charge in [0.25, 0.3) is 0 Å². The topological polar surface area (TPSA) is 64.3 Å². The molecule has 0 atom stereocenters. The Morgan fingerprint density at radius 3 is 3.00 bits per heavy atom. The van der Waals surface area contributed by atoms with Crippen LogP contribution < -0.4 is 0 Å². The predicted octanol–water partition coefficient (Wildman–Crippen LogP) is 2.11. The molecule has 19 heavy (non-hydrogen) atoms. The van der Waals surface area contributed by atoms with Crippen LogP contribution >= 0.6 is 0 Å². The molecule has 5 nitrogen and oxygen atoms in total. The minimum absolute atomic E-state index is 0.0803. The van der Waals surface area contributed by atoms with Crippen molar-refractivity contribution >= 4 is 17.0 Å². The van der Waals surface area contributed by atoms with E-state index in [0.717, 1.165) is 18.4 Å². The third kappa shape index (κ3) is 2.31. The van der Waals surface area contributed by atoms with Gasteiger partial charge in [0.1, 0.15) is 24.6 Å². The van der Waals surface area contributed by atoms with Crippen molar-refractivity contribution in [3.8, 4) is 0 Å². The lowest BCUT2D eigenvalue weighted by atomic mass is 10.3. The van der Waals surface area contributed by atoms with Crippen molar-refractivity contribution in [2.24, 2.45) is 0 Å². The number of aliphatic carboxylic acids is 1. The van der Waals surface area contributed by atoms with Crippen molar-refractivity contribution < 1.29 is 19.0 Å². The first kappa shape index (κ1) is 12.1. The van der Waals surface area contributed by atoms with Gasteiger partial charge < -0.3 is 14.4 Å². The number of carboxylic acid groups (broad SMARTS) is 1. The molecule has 1 aromatic heterocycles. The highest BCUT2D eigenvalue weighted by Gasteiger charge is 2.28. The lowest BCUT2D eigenvalue weighted by Gasteiger charge is -2.07. The number of imidazole rings is 1. The second-order valence-corrected chi connectivity index (χ2v) is 4.62. The Kier molecular flexibility index (Phi) is 2.94. The van der Waals surface area contributed by atoms with E-state index in [1.54, 1.807) is 6.07 Å². The van der Waals surface area contributed by atoms with E-state index in [2.05, 4.69) is 4.98 Å². The molecule has 1 aliphatic rings. The first-order chi connectivity index (χ1) is 9.16. The third-order valence-corrected chi connectivity index (χ3v) is 3.11. The highest BCUT2D eigenvalue weighted by atomic mass is 19.1. The largest absolute Gasteiger partial charge is 0.480 e. The van der Waals surface area contributed by atoms with Crippen LogP contribution in [0.3, 0.4) is 0 Å². The normalized spacial score (nSPS) is 15.0. The molecule has 0 amide bonds. The number of rotatable bonds is 5. The maximum Gasteiger partial charge on any atom is 0.329 e. The fraction of sp³-hybridized carbons (Fsp3) is 0.385. The minimum Gasteiger partial charge on any atom is -0.480 e. The molecule has 3 rings (SSSR count). The van der Waals surface area contributed by atoms with Gasteiger partial charge in [-0.25, -0.2) is 14.2 Å². The average molecular weight is 264 g/mol. The van der Waals surface area contributed by atoms with E-state index in [0.29, 0.717) is 17.4 Å². The van der Waals surface area contributed by atoms with Crippen molar-refractivity contribution in [1.82, 2.24) is 9.55 Å². The zero-order valence-electron chi connectivity index (χ0n) is 10.2. The molecule has 2 aromatic rings. The summed E-state index contributed by atoms with van der Waals surface area (Å²) in [5.74, 6) is -0.805. The zero-order chi connectivity index (χ0) is 13.4. The minimum atomic E-state index is -1.03. The number of para-hydroxylation sites is 1. The highest BCUT2D eigenvalue weighted by Crippen LogP contribution is 2.39. The summed E-state index contributed by atoms with van der Waals surface area (Å²) in [5.41, 5.74) is 1.07. The summed E-state index contributed by atoms with van der Waals surface area (Å²) in [6.07, 6.45) is 2.07. The van der Waals surface area contributed by atoms with Crippen LogP contribution in [0, 0.1) is 5.82 Å². The quantitative estimate of drug-likeness (QED) is 0.898. The Hall–Kier alpha value is -1.95. The maximum atomic E-state index is 13.7. The van der Waals surface area contributed by atoms with Crippen molar-refractivity contribution in [2.75, 3.05) is 6.61 Å². The van der Waals surface area contributed by atoms with Gasteiger partial charge in [-0.3, -0.25) is 0 Å². The van der Waals surface area contributed by atoms with Gasteiger partial charge in [-0.15, -0.1) is 0 Å². The summed E-state index contributed by atoms with van der Waals surface area (Å²) >= 11 is 0. The van der Waals surface area contributed by atoms with Crippen LogP contribution in [0.2, 0.25) is 0 Å². The van der Waals surface area contributed by atoms with Gasteiger partial charge >= 0.3 is 5.97 Å². The number of carboxylic acids is 1. The van der Waals surface area contributed by atoms with Crippen LogP contribution in [0.5, 0.6) is 0 Å². The Morgan fingerprint density at radius 2 is 2.32 bits per heavy atom. The van der Waals surface area contributed by atoms with Crippen molar-refractivity contribution in [3.63, 3.8) is 0 Å².